The first-order valence-corrected chi connectivity index (χ1v) is 10.3. The average molecular weight is 442 g/mol. The lowest BCUT2D eigenvalue weighted by Crippen LogP contribution is -2.27. The van der Waals surface area contributed by atoms with Crippen LogP contribution in [0.5, 0.6) is 0 Å². The maximum Gasteiger partial charge on any atom is 0.256 e. The molecule has 0 radical (unpaired) electrons. The summed E-state index contributed by atoms with van der Waals surface area (Å²) in [5.74, 6) is -3.77. The molecular formula is C22H18F4N6. The molecule has 32 heavy (non-hydrogen) atoms. The highest BCUT2D eigenvalue weighted by atomic mass is 19.3. The van der Waals surface area contributed by atoms with E-state index >= 15 is 4.39 Å². The molecule has 0 saturated heterocycles. The van der Waals surface area contributed by atoms with E-state index in [1.165, 1.54) is 12.1 Å². The number of hydrogen-bond acceptors (Lipinski definition) is 4. The SMILES string of the molecule is Cc1nc2[nH]nc(C)c2c(-c2c(-c3ccc(F)cn3)nn3c2CC[C@@]2(C3)CC2(F)F)c1F. The fourth-order valence-electron chi connectivity index (χ4n) is 4.93. The number of pyridine rings is 2. The normalized spacial score (nSPS) is 21.3. The molecule has 1 aliphatic carbocycles. The summed E-state index contributed by atoms with van der Waals surface area (Å²) in [4.78, 5) is 8.40. The Morgan fingerprint density at radius 3 is 2.56 bits per heavy atom. The second-order valence-electron chi connectivity index (χ2n) is 8.77. The van der Waals surface area contributed by atoms with Gasteiger partial charge in [0.05, 0.1) is 40.6 Å². The molecule has 1 fully saturated rings. The Morgan fingerprint density at radius 2 is 1.88 bits per heavy atom. The van der Waals surface area contributed by atoms with E-state index in [-0.39, 0.29) is 30.6 Å². The van der Waals surface area contributed by atoms with Crippen LogP contribution in [0.2, 0.25) is 0 Å². The first kappa shape index (κ1) is 19.4. The summed E-state index contributed by atoms with van der Waals surface area (Å²) in [5, 5.41) is 12.1. The van der Waals surface area contributed by atoms with E-state index in [0.29, 0.717) is 45.8 Å². The zero-order chi connectivity index (χ0) is 22.4. The molecule has 164 valence electrons. The largest absolute Gasteiger partial charge is 0.267 e. The van der Waals surface area contributed by atoms with Crippen molar-refractivity contribution in [2.75, 3.05) is 0 Å². The number of nitrogens with one attached hydrogen (secondary N) is 1. The van der Waals surface area contributed by atoms with Crippen LogP contribution in [0.25, 0.3) is 33.5 Å². The minimum atomic E-state index is -2.72. The smallest absolute Gasteiger partial charge is 0.256 e. The number of nitrogens with zero attached hydrogens (tertiary/aromatic N) is 5. The van der Waals surface area contributed by atoms with Crippen LogP contribution in [0.4, 0.5) is 17.6 Å². The van der Waals surface area contributed by atoms with Crippen molar-refractivity contribution in [3.05, 3.63) is 47.0 Å². The standard InChI is InChI=1S/C22H18F4N6/c1-10-15-17(18(24)11(2)28-20(15)30-29-10)16-14-5-6-21(8-22(21,25)26)9-32(14)31-19(16)13-4-3-12(23)7-27-13/h3-4,7H,5-6,8-9H2,1-2H3,(H,28,29,30)/t21-/m0/s1. The Hall–Kier alpha value is -3.30. The first-order chi connectivity index (χ1) is 15.2. The zero-order valence-corrected chi connectivity index (χ0v) is 17.3. The molecule has 2 aliphatic rings. The molecule has 0 bridgehead atoms. The molecule has 1 atom stereocenters. The van der Waals surface area contributed by atoms with E-state index in [1.807, 2.05) is 0 Å². The van der Waals surface area contributed by atoms with Crippen molar-refractivity contribution in [1.29, 1.82) is 0 Å². The lowest BCUT2D eigenvalue weighted by Gasteiger charge is -2.24. The van der Waals surface area contributed by atoms with Crippen LogP contribution in [0.1, 0.15) is 29.9 Å². The average Bonchev–Trinajstić information content (AvgIpc) is 3.04. The Balaban J connectivity index is 1.66. The summed E-state index contributed by atoms with van der Waals surface area (Å²) in [5.41, 5.74) is 2.11. The molecule has 6 nitrogen and oxygen atoms in total. The van der Waals surface area contributed by atoms with Gasteiger partial charge < -0.3 is 0 Å². The number of rotatable bonds is 2. The van der Waals surface area contributed by atoms with Crippen molar-refractivity contribution in [3.8, 4) is 22.5 Å². The van der Waals surface area contributed by atoms with Crippen LogP contribution in [0.3, 0.4) is 0 Å². The maximum atomic E-state index is 15.6. The molecule has 1 aliphatic heterocycles. The van der Waals surface area contributed by atoms with Gasteiger partial charge in [0.25, 0.3) is 5.92 Å². The Bertz CT molecular complexity index is 1400. The topological polar surface area (TPSA) is 72.3 Å². The highest BCUT2D eigenvalue weighted by Crippen LogP contribution is 2.65. The molecular weight excluding hydrogens is 424 g/mol. The van der Waals surface area contributed by atoms with Gasteiger partial charge >= 0.3 is 0 Å². The minimum Gasteiger partial charge on any atom is -0.267 e. The fraction of sp³-hybridized carbons (Fsp3) is 0.364. The highest BCUT2D eigenvalue weighted by molar-refractivity contribution is 5.99. The summed E-state index contributed by atoms with van der Waals surface area (Å²) in [6.07, 6.45) is 1.49. The van der Waals surface area contributed by atoms with E-state index in [2.05, 4.69) is 25.3 Å². The molecule has 6 rings (SSSR count). The Labute approximate surface area is 179 Å². The molecule has 1 N–H and O–H groups in total. The van der Waals surface area contributed by atoms with E-state index in [4.69, 9.17) is 0 Å². The summed E-state index contributed by atoms with van der Waals surface area (Å²) in [6, 6.07) is 2.70. The summed E-state index contributed by atoms with van der Waals surface area (Å²) >= 11 is 0. The zero-order valence-electron chi connectivity index (χ0n) is 17.3. The van der Waals surface area contributed by atoms with Crippen LogP contribution in [0.15, 0.2) is 18.3 Å². The van der Waals surface area contributed by atoms with Gasteiger partial charge in [-0.1, -0.05) is 0 Å². The lowest BCUT2D eigenvalue weighted by atomic mass is 9.89. The van der Waals surface area contributed by atoms with Crippen LogP contribution >= 0.6 is 0 Å². The van der Waals surface area contributed by atoms with Crippen molar-refractivity contribution in [1.82, 2.24) is 29.9 Å². The van der Waals surface area contributed by atoms with Crippen molar-refractivity contribution in [3.63, 3.8) is 0 Å². The van der Waals surface area contributed by atoms with E-state index in [9.17, 15) is 13.2 Å². The second kappa shape index (κ2) is 6.14. The van der Waals surface area contributed by atoms with E-state index in [1.54, 1.807) is 18.5 Å². The number of fused-ring (bicyclic) bond motifs is 2. The fourth-order valence-corrected chi connectivity index (χ4v) is 4.93. The van der Waals surface area contributed by atoms with Gasteiger partial charge in [-0.15, -0.1) is 0 Å². The van der Waals surface area contributed by atoms with Gasteiger partial charge in [0.1, 0.15) is 11.5 Å². The van der Waals surface area contributed by atoms with Crippen LogP contribution in [-0.4, -0.2) is 35.9 Å². The van der Waals surface area contributed by atoms with Gasteiger partial charge in [0.15, 0.2) is 11.5 Å². The third-order valence-corrected chi connectivity index (χ3v) is 6.78. The molecule has 4 aromatic rings. The molecule has 10 heteroatoms. The lowest BCUT2D eigenvalue weighted by molar-refractivity contribution is 0.0462. The summed E-state index contributed by atoms with van der Waals surface area (Å²) in [6.45, 7) is 3.34. The maximum absolute atomic E-state index is 15.6. The third-order valence-electron chi connectivity index (χ3n) is 6.78. The quantitative estimate of drug-likeness (QED) is 0.455. The van der Waals surface area contributed by atoms with Gasteiger partial charge in [-0.2, -0.15) is 10.2 Å². The summed E-state index contributed by atoms with van der Waals surface area (Å²) in [7, 11) is 0. The van der Waals surface area contributed by atoms with Crippen LogP contribution in [-0.2, 0) is 13.0 Å². The van der Waals surface area contributed by atoms with Crippen molar-refractivity contribution < 1.29 is 17.6 Å². The molecule has 5 heterocycles. The van der Waals surface area contributed by atoms with Gasteiger partial charge in [0, 0.05) is 23.2 Å². The van der Waals surface area contributed by atoms with Crippen molar-refractivity contribution in [2.24, 2.45) is 5.41 Å². The molecule has 1 spiro atoms. The number of halogens is 4. The highest BCUT2D eigenvalue weighted by Gasteiger charge is 2.71. The Morgan fingerprint density at radius 1 is 1.09 bits per heavy atom. The third kappa shape index (κ3) is 2.52. The van der Waals surface area contributed by atoms with Gasteiger partial charge in [-0.25, -0.2) is 22.5 Å². The number of hydrogen-bond donors (Lipinski definition) is 1. The molecule has 0 aromatic carbocycles. The van der Waals surface area contributed by atoms with E-state index in [0.717, 1.165) is 6.20 Å². The predicted octanol–water partition coefficient (Wildman–Crippen LogP) is 4.75. The number of aromatic nitrogens is 6. The van der Waals surface area contributed by atoms with Crippen molar-refractivity contribution >= 4 is 11.0 Å². The number of aryl methyl sites for hydroxylation is 2. The van der Waals surface area contributed by atoms with Crippen LogP contribution in [0, 0.1) is 30.9 Å². The van der Waals surface area contributed by atoms with Gasteiger partial charge in [-0.3, -0.25) is 14.8 Å². The van der Waals surface area contributed by atoms with Crippen molar-refractivity contribution in [2.45, 2.75) is 45.6 Å². The Kier molecular flexibility index (Phi) is 3.72. The minimum absolute atomic E-state index is 0.0444. The van der Waals surface area contributed by atoms with Gasteiger partial charge in [-0.05, 0) is 38.8 Å². The van der Waals surface area contributed by atoms with Gasteiger partial charge in [0.2, 0.25) is 0 Å². The summed E-state index contributed by atoms with van der Waals surface area (Å²) < 4.78 is 59.0. The number of aromatic amines is 1. The molecule has 0 amide bonds. The van der Waals surface area contributed by atoms with Crippen LogP contribution < -0.4 is 0 Å². The first-order valence-electron chi connectivity index (χ1n) is 10.3. The molecule has 4 aromatic heterocycles. The molecule has 1 saturated carbocycles. The monoisotopic (exact) mass is 442 g/mol. The number of H-pyrrole nitrogens is 1. The second-order valence-corrected chi connectivity index (χ2v) is 8.77. The molecule has 0 unspecified atom stereocenters. The predicted molar refractivity (Wildman–Crippen MR) is 108 cm³/mol. The van der Waals surface area contributed by atoms with E-state index < -0.39 is 23.0 Å². The number of alkyl halides is 2.